The molecule has 3 heteroatoms. The van der Waals surface area contributed by atoms with Crippen molar-refractivity contribution in [3.8, 4) is 0 Å². The van der Waals surface area contributed by atoms with Crippen LogP contribution in [0.2, 0.25) is 0 Å². The van der Waals surface area contributed by atoms with E-state index in [0.29, 0.717) is 8.81 Å². The lowest BCUT2D eigenvalue weighted by Crippen LogP contribution is -1.98. The third-order valence-electron chi connectivity index (χ3n) is 0.713. The maximum atomic E-state index is 8.51. The Morgan fingerprint density at radius 1 is 1.83 bits per heavy atom. The fourth-order valence-corrected chi connectivity index (χ4v) is 1.19. The Labute approximate surface area is 38.4 Å². The fourth-order valence-electron chi connectivity index (χ4n) is 0.396. The maximum Gasteiger partial charge on any atom is 0.158 e. The summed E-state index contributed by atoms with van der Waals surface area (Å²) in [5, 5.41) is 8.51. The Bertz CT molecular complexity index is 42.1. The molecule has 0 amide bonds. The summed E-state index contributed by atoms with van der Waals surface area (Å²) in [6, 6.07) is 0. The predicted octanol–water partition coefficient (Wildman–Crippen LogP) is 0.319. The molecule has 1 saturated heterocycles. The van der Waals surface area contributed by atoms with Crippen molar-refractivity contribution >= 4 is 8.81 Å². The Morgan fingerprint density at radius 3 is 2.83 bits per heavy atom. The van der Waals surface area contributed by atoms with Crippen molar-refractivity contribution in [2.24, 2.45) is 0 Å². The molecule has 0 aromatic heterocycles. The van der Waals surface area contributed by atoms with Crippen molar-refractivity contribution in [1.82, 2.24) is 0 Å². The predicted molar refractivity (Wildman–Crippen MR) is 24.9 cm³/mol. The van der Waals surface area contributed by atoms with Crippen LogP contribution in [0.15, 0.2) is 0 Å². The van der Waals surface area contributed by atoms with E-state index in [9.17, 15) is 0 Å². The van der Waals surface area contributed by atoms with Crippen LogP contribution in [-0.2, 0) is 4.52 Å². The van der Waals surface area contributed by atoms with Crippen LogP contribution in [0, 0.1) is 0 Å². The number of aliphatic hydroxyl groups is 1. The molecule has 0 radical (unpaired) electrons. The molecule has 1 fully saturated rings. The smallest absolute Gasteiger partial charge is 0.158 e. The maximum absolute atomic E-state index is 8.51. The van der Waals surface area contributed by atoms with Gasteiger partial charge in [-0.05, 0) is 6.16 Å². The highest BCUT2D eigenvalue weighted by Gasteiger charge is 2.09. The standard InChI is InChI=1S/C3H7O2P/c4-3-1-2-6-5-3/h3-4,6H,1-2H2. The number of hydrogen-bond acceptors (Lipinski definition) is 2. The van der Waals surface area contributed by atoms with Gasteiger partial charge in [0.2, 0.25) is 0 Å². The quantitative estimate of drug-likeness (QED) is 0.450. The lowest BCUT2D eigenvalue weighted by Gasteiger charge is -1.93. The summed E-state index contributed by atoms with van der Waals surface area (Å²) in [6.07, 6.45) is 1.43. The van der Waals surface area contributed by atoms with Crippen LogP contribution in [0.1, 0.15) is 6.42 Å². The molecular formula is C3H7O2P. The summed E-state index contributed by atoms with van der Waals surface area (Å²) >= 11 is 0. The highest BCUT2D eigenvalue weighted by Crippen LogP contribution is 2.25. The van der Waals surface area contributed by atoms with Gasteiger partial charge in [-0.3, -0.25) is 0 Å². The summed E-state index contributed by atoms with van der Waals surface area (Å²) in [7, 11) is 0.539. The van der Waals surface area contributed by atoms with E-state index in [0.717, 1.165) is 12.6 Å². The highest BCUT2D eigenvalue weighted by molar-refractivity contribution is 7.32. The van der Waals surface area contributed by atoms with E-state index >= 15 is 0 Å². The van der Waals surface area contributed by atoms with Gasteiger partial charge in [0.15, 0.2) is 6.29 Å². The summed E-state index contributed by atoms with van der Waals surface area (Å²) in [5.41, 5.74) is 0. The van der Waals surface area contributed by atoms with Gasteiger partial charge in [0, 0.05) is 15.2 Å². The number of rotatable bonds is 0. The average molecular weight is 106 g/mol. The Kier molecular flexibility index (Phi) is 1.41. The lowest BCUT2D eigenvalue weighted by atomic mass is 10.5. The second-order valence-corrected chi connectivity index (χ2v) is 2.28. The zero-order chi connectivity index (χ0) is 4.41. The normalized spacial score (nSPS) is 38.5. The second-order valence-electron chi connectivity index (χ2n) is 1.26. The molecule has 6 heavy (non-hydrogen) atoms. The highest BCUT2D eigenvalue weighted by atomic mass is 31.1. The molecule has 0 aromatic rings. The van der Waals surface area contributed by atoms with E-state index in [-0.39, 0.29) is 0 Å². The molecule has 2 nitrogen and oxygen atoms in total. The van der Waals surface area contributed by atoms with Crippen molar-refractivity contribution in [2.75, 3.05) is 6.16 Å². The molecule has 0 saturated carbocycles. The lowest BCUT2D eigenvalue weighted by molar-refractivity contribution is 0.00807. The van der Waals surface area contributed by atoms with Crippen LogP contribution in [0.25, 0.3) is 0 Å². The van der Waals surface area contributed by atoms with Gasteiger partial charge in [-0.15, -0.1) is 0 Å². The topological polar surface area (TPSA) is 29.5 Å². The molecular weight excluding hydrogens is 99.0 g/mol. The van der Waals surface area contributed by atoms with Gasteiger partial charge in [0.05, 0.1) is 0 Å². The first kappa shape index (κ1) is 4.51. The molecule has 36 valence electrons. The van der Waals surface area contributed by atoms with Crippen LogP contribution in [-0.4, -0.2) is 17.6 Å². The van der Waals surface area contributed by atoms with E-state index in [1.807, 2.05) is 0 Å². The third-order valence-corrected chi connectivity index (χ3v) is 1.64. The van der Waals surface area contributed by atoms with Crippen molar-refractivity contribution in [2.45, 2.75) is 12.7 Å². The van der Waals surface area contributed by atoms with Crippen LogP contribution in [0.4, 0.5) is 0 Å². The summed E-state index contributed by atoms with van der Waals surface area (Å²) in [6.45, 7) is 0. The van der Waals surface area contributed by atoms with Crippen molar-refractivity contribution in [1.29, 1.82) is 0 Å². The molecule has 1 rings (SSSR count). The molecule has 1 aliphatic rings. The molecule has 1 N–H and O–H groups in total. The van der Waals surface area contributed by atoms with Gasteiger partial charge in [-0.1, -0.05) is 0 Å². The molecule has 0 spiro atoms. The number of aliphatic hydroxyl groups excluding tert-OH is 1. The van der Waals surface area contributed by atoms with E-state index < -0.39 is 6.29 Å². The monoisotopic (exact) mass is 106 g/mol. The third kappa shape index (κ3) is 0.904. The van der Waals surface area contributed by atoms with E-state index in [4.69, 9.17) is 9.63 Å². The first-order valence-electron chi connectivity index (χ1n) is 1.96. The van der Waals surface area contributed by atoms with E-state index in [2.05, 4.69) is 0 Å². The molecule has 0 aliphatic carbocycles. The molecule has 0 bridgehead atoms. The minimum Gasteiger partial charge on any atom is -0.368 e. The molecule has 1 heterocycles. The SMILES string of the molecule is OC1CCPO1. The minimum atomic E-state index is -0.441. The van der Waals surface area contributed by atoms with Crippen LogP contribution in [0.3, 0.4) is 0 Å². The summed E-state index contributed by atoms with van der Waals surface area (Å²) in [4.78, 5) is 0. The largest absolute Gasteiger partial charge is 0.368 e. The minimum absolute atomic E-state index is 0.441. The van der Waals surface area contributed by atoms with Gasteiger partial charge in [-0.25, -0.2) is 0 Å². The van der Waals surface area contributed by atoms with Crippen LogP contribution < -0.4 is 0 Å². The van der Waals surface area contributed by atoms with Crippen molar-refractivity contribution in [3.63, 3.8) is 0 Å². The van der Waals surface area contributed by atoms with Crippen molar-refractivity contribution in [3.05, 3.63) is 0 Å². The molecule has 2 unspecified atom stereocenters. The molecule has 0 aromatic carbocycles. The molecule has 1 aliphatic heterocycles. The summed E-state index contributed by atoms with van der Waals surface area (Å²) in [5.74, 6) is 0. The van der Waals surface area contributed by atoms with Gasteiger partial charge in [-0.2, -0.15) is 0 Å². The Hall–Kier alpha value is 0.350. The Balaban J connectivity index is 2.18. The van der Waals surface area contributed by atoms with Crippen LogP contribution in [0.5, 0.6) is 0 Å². The van der Waals surface area contributed by atoms with Gasteiger partial charge in [0.1, 0.15) is 0 Å². The zero-order valence-corrected chi connectivity index (χ0v) is 4.35. The fraction of sp³-hybridized carbons (Fsp3) is 1.00. The molecule has 2 atom stereocenters. The van der Waals surface area contributed by atoms with Gasteiger partial charge in [0.25, 0.3) is 0 Å². The summed E-state index contributed by atoms with van der Waals surface area (Å²) < 4.78 is 4.74. The zero-order valence-electron chi connectivity index (χ0n) is 3.35. The van der Waals surface area contributed by atoms with Gasteiger partial charge < -0.3 is 9.63 Å². The van der Waals surface area contributed by atoms with Crippen molar-refractivity contribution < 1.29 is 9.63 Å². The first-order chi connectivity index (χ1) is 2.89. The first-order valence-corrected chi connectivity index (χ1v) is 3.08. The Morgan fingerprint density at radius 2 is 2.67 bits per heavy atom. The second kappa shape index (κ2) is 1.87. The van der Waals surface area contributed by atoms with E-state index in [1.54, 1.807) is 0 Å². The average Bonchev–Trinajstić information content (AvgIpc) is 1.86. The van der Waals surface area contributed by atoms with E-state index in [1.165, 1.54) is 0 Å². The number of hydrogen-bond donors (Lipinski definition) is 1. The van der Waals surface area contributed by atoms with Gasteiger partial charge >= 0.3 is 0 Å². The van der Waals surface area contributed by atoms with Crippen LogP contribution >= 0.6 is 8.81 Å².